The van der Waals surface area contributed by atoms with Gasteiger partial charge in [0, 0.05) is 23.0 Å². The first-order chi connectivity index (χ1) is 8.38. The van der Waals surface area contributed by atoms with Gasteiger partial charge in [0.15, 0.2) is 0 Å². The molecule has 1 saturated carbocycles. The summed E-state index contributed by atoms with van der Waals surface area (Å²) in [6.45, 7) is 2.24. The largest absolute Gasteiger partial charge is 0.396 e. The lowest BCUT2D eigenvalue weighted by Crippen LogP contribution is -2.31. The molecule has 1 aliphatic carbocycles. The van der Waals surface area contributed by atoms with E-state index in [2.05, 4.69) is 20.7 Å². The number of aryl methyl sites for hydroxylation is 1. The summed E-state index contributed by atoms with van der Waals surface area (Å²) in [6, 6.07) is 4.94. The number of benzene rings is 1. The van der Waals surface area contributed by atoms with Gasteiger partial charge in [-0.1, -0.05) is 22.0 Å². The van der Waals surface area contributed by atoms with Gasteiger partial charge in [-0.15, -0.1) is 0 Å². The summed E-state index contributed by atoms with van der Waals surface area (Å²) in [6.07, 6.45) is 1.76. The zero-order chi connectivity index (χ0) is 13.4. The van der Waals surface area contributed by atoms with Crippen molar-refractivity contribution in [2.75, 3.05) is 13.2 Å². The van der Waals surface area contributed by atoms with Crippen LogP contribution in [0.1, 0.15) is 18.4 Å². The average Bonchev–Trinajstić information content (AvgIpc) is 3.11. The van der Waals surface area contributed by atoms with Gasteiger partial charge in [0.1, 0.15) is 0 Å². The molecular formula is C12H16BrNO3S. The maximum atomic E-state index is 12.1. The molecule has 0 atom stereocenters. The smallest absolute Gasteiger partial charge is 0.240 e. The number of halogens is 1. The number of sulfonamides is 1. The Morgan fingerprint density at radius 3 is 2.61 bits per heavy atom. The molecule has 1 aromatic carbocycles. The third kappa shape index (κ3) is 2.93. The lowest BCUT2D eigenvalue weighted by Gasteiger charge is -2.13. The van der Waals surface area contributed by atoms with Crippen LogP contribution in [-0.4, -0.2) is 26.7 Å². The van der Waals surface area contributed by atoms with E-state index in [0.717, 1.165) is 22.9 Å². The van der Waals surface area contributed by atoms with Gasteiger partial charge in [0.2, 0.25) is 10.0 Å². The number of hydrogen-bond donors (Lipinski definition) is 2. The van der Waals surface area contributed by atoms with Gasteiger partial charge in [0.05, 0.1) is 4.90 Å². The average molecular weight is 334 g/mol. The monoisotopic (exact) mass is 333 g/mol. The van der Waals surface area contributed by atoms with Gasteiger partial charge < -0.3 is 5.11 Å². The van der Waals surface area contributed by atoms with Crippen LogP contribution in [0.5, 0.6) is 0 Å². The van der Waals surface area contributed by atoms with Crippen LogP contribution in [0.4, 0.5) is 0 Å². The molecule has 6 heteroatoms. The summed E-state index contributed by atoms with van der Waals surface area (Å²) in [4.78, 5) is 0.244. The van der Waals surface area contributed by atoms with Gasteiger partial charge >= 0.3 is 0 Å². The molecule has 1 aromatic rings. The second-order valence-electron chi connectivity index (χ2n) is 4.89. The molecule has 0 bridgehead atoms. The van der Waals surface area contributed by atoms with Gasteiger partial charge in [-0.3, -0.25) is 0 Å². The van der Waals surface area contributed by atoms with Crippen molar-refractivity contribution in [3.05, 3.63) is 28.2 Å². The topological polar surface area (TPSA) is 66.4 Å². The van der Waals surface area contributed by atoms with Gasteiger partial charge in [-0.05, 0) is 37.5 Å². The SMILES string of the molecule is Cc1ccc(S(=O)(=O)NCC2(CO)CC2)cc1Br. The first-order valence-electron chi connectivity index (χ1n) is 5.75. The molecule has 1 fully saturated rings. The van der Waals surface area contributed by atoms with Crippen molar-refractivity contribution in [2.45, 2.75) is 24.7 Å². The Kier molecular flexibility index (Phi) is 3.82. The molecule has 0 heterocycles. The Bertz CT molecular complexity index is 552. The quantitative estimate of drug-likeness (QED) is 0.863. The van der Waals surface area contributed by atoms with Crippen LogP contribution in [-0.2, 0) is 10.0 Å². The van der Waals surface area contributed by atoms with E-state index in [1.54, 1.807) is 18.2 Å². The predicted molar refractivity (Wildman–Crippen MR) is 72.8 cm³/mol. The highest BCUT2D eigenvalue weighted by Crippen LogP contribution is 2.44. The summed E-state index contributed by atoms with van der Waals surface area (Å²) in [7, 11) is -3.49. The van der Waals surface area contributed by atoms with Crippen molar-refractivity contribution in [3.63, 3.8) is 0 Å². The predicted octanol–water partition coefficient (Wildman–Crippen LogP) is 1.81. The summed E-state index contributed by atoms with van der Waals surface area (Å²) < 4.78 is 27.5. The van der Waals surface area contributed by atoms with Gasteiger partial charge in [-0.25, -0.2) is 13.1 Å². The second-order valence-corrected chi connectivity index (χ2v) is 7.51. The van der Waals surface area contributed by atoms with Crippen LogP contribution in [0, 0.1) is 12.3 Å². The summed E-state index contributed by atoms with van der Waals surface area (Å²) in [5.74, 6) is 0. The van der Waals surface area contributed by atoms with E-state index in [9.17, 15) is 8.42 Å². The molecule has 18 heavy (non-hydrogen) atoms. The molecule has 0 aromatic heterocycles. The summed E-state index contributed by atoms with van der Waals surface area (Å²) in [5, 5.41) is 9.16. The lowest BCUT2D eigenvalue weighted by atomic mass is 10.1. The number of hydrogen-bond acceptors (Lipinski definition) is 3. The van der Waals surface area contributed by atoms with E-state index < -0.39 is 10.0 Å². The van der Waals surface area contributed by atoms with Crippen molar-refractivity contribution in [1.82, 2.24) is 4.72 Å². The molecule has 1 aliphatic rings. The third-order valence-corrected chi connectivity index (χ3v) is 5.64. The molecule has 0 spiro atoms. The fraction of sp³-hybridized carbons (Fsp3) is 0.500. The highest BCUT2D eigenvalue weighted by Gasteiger charge is 2.42. The number of rotatable bonds is 5. The van der Waals surface area contributed by atoms with E-state index in [1.807, 2.05) is 6.92 Å². The number of aliphatic hydroxyl groups excluding tert-OH is 1. The summed E-state index contributed by atoms with van der Waals surface area (Å²) >= 11 is 3.32. The number of aliphatic hydroxyl groups is 1. The normalized spacial score (nSPS) is 17.7. The standard InChI is InChI=1S/C12H16BrNO3S/c1-9-2-3-10(6-11(9)13)18(16,17)14-7-12(8-15)4-5-12/h2-3,6,14-15H,4-5,7-8H2,1H3. The molecule has 0 radical (unpaired) electrons. The molecule has 0 amide bonds. The van der Waals surface area contributed by atoms with E-state index >= 15 is 0 Å². The van der Waals surface area contributed by atoms with Crippen LogP contribution >= 0.6 is 15.9 Å². The Balaban J connectivity index is 2.13. The first kappa shape index (κ1) is 14.0. The van der Waals surface area contributed by atoms with Gasteiger partial charge in [-0.2, -0.15) is 0 Å². The molecule has 0 saturated heterocycles. The Morgan fingerprint density at radius 1 is 1.44 bits per heavy atom. The van der Waals surface area contributed by atoms with Crippen molar-refractivity contribution in [2.24, 2.45) is 5.41 Å². The molecule has 2 rings (SSSR count). The van der Waals surface area contributed by atoms with Crippen LogP contribution in [0.15, 0.2) is 27.6 Å². The maximum absolute atomic E-state index is 12.1. The first-order valence-corrected chi connectivity index (χ1v) is 8.03. The van der Waals surface area contributed by atoms with Crippen LogP contribution in [0.3, 0.4) is 0 Å². The highest BCUT2D eigenvalue weighted by molar-refractivity contribution is 9.10. The van der Waals surface area contributed by atoms with Crippen LogP contribution in [0.2, 0.25) is 0 Å². The minimum Gasteiger partial charge on any atom is -0.396 e. The Morgan fingerprint density at radius 2 is 2.11 bits per heavy atom. The van der Waals surface area contributed by atoms with Crippen molar-refractivity contribution >= 4 is 26.0 Å². The number of nitrogens with one attached hydrogen (secondary N) is 1. The Hall–Kier alpha value is -0.430. The van der Waals surface area contributed by atoms with Crippen molar-refractivity contribution in [1.29, 1.82) is 0 Å². The molecular weight excluding hydrogens is 318 g/mol. The zero-order valence-corrected chi connectivity index (χ0v) is 12.5. The third-order valence-electron chi connectivity index (χ3n) is 3.38. The lowest BCUT2D eigenvalue weighted by molar-refractivity contribution is 0.213. The molecule has 2 N–H and O–H groups in total. The summed E-state index contributed by atoms with van der Waals surface area (Å²) in [5.41, 5.74) is 0.762. The second kappa shape index (κ2) is 4.92. The van der Waals surface area contributed by atoms with Crippen molar-refractivity contribution < 1.29 is 13.5 Å². The van der Waals surface area contributed by atoms with E-state index in [1.165, 1.54) is 0 Å². The van der Waals surface area contributed by atoms with Crippen molar-refractivity contribution in [3.8, 4) is 0 Å². The Labute approximate surface area is 116 Å². The molecule has 100 valence electrons. The van der Waals surface area contributed by atoms with Gasteiger partial charge in [0.25, 0.3) is 0 Å². The van der Waals surface area contributed by atoms with Crippen LogP contribution < -0.4 is 4.72 Å². The minimum atomic E-state index is -3.49. The van der Waals surface area contributed by atoms with Crippen LogP contribution in [0.25, 0.3) is 0 Å². The highest BCUT2D eigenvalue weighted by atomic mass is 79.9. The fourth-order valence-electron chi connectivity index (χ4n) is 1.64. The molecule has 4 nitrogen and oxygen atoms in total. The maximum Gasteiger partial charge on any atom is 0.240 e. The fourth-order valence-corrected chi connectivity index (χ4v) is 3.35. The molecule has 0 aliphatic heterocycles. The van der Waals surface area contributed by atoms with E-state index in [-0.39, 0.29) is 16.9 Å². The minimum absolute atomic E-state index is 0.0348. The van der Waals surface area contributed by atoms with E-state index in [0.29, 0.717) is 6.54 Å². The molecule has 0 unspecified atom stereocenters. The zero-order valence-electron chi connectivity index (χ0n) is 10.1. The van der Waals surface area contributed by atoms with E-state index in [4.69, 9.17) is 5.11 Å².